The van der Waals surface area contributed by atoms with Crippen LogP contribution < -0.4 is 39.9 Å². The van der Waals surface area contributed by atoms with Crippen LogP contribution in [0.3, 0.4) is 0 Å². The molecule has 0 amide bonds. The SMILES string of the molecule is COc1cc(C(=O)Oc2ccc(/C=C/C(=O)CC(c3cc(N)cc(N)c3)C(O)(O)C(=O)/C=C/c3ccc(OC(=O)c4ccc(OC(F)(F)C(F)F)c(OC)c4)cc3)cc2)ccc1OC(F)(F)C(F)F. The van der Waals surface area contributed by atoms with Crippen LogP contribution in [0, 0.1) is 0 Å². The molecule has 5 rings (SSSR count). The van der Waals surface area contributed by atoms with Crippen molar-refractivity contribution in [3.05, 3.63) is 143 Å². The largest absolute Gasteiger partial charge is 0.493 e. The van der Waals surface area contributed by atoms with Gasteiger partial charge >= 0.3 is 37.0 Å². The Hall–Kier alpha value is -7.98. The lowest BCUT2D eigenvalue weighted by Crippen LogP contribution is -2.44. The third-order valence-electron chi connectivity index (χ3n) is 9.53. The Morgan fingerprint density at radius 3 is 1.38 bits per heavy atom. The number of anilines is 2. The molecule has 0 saturated heterocycles. The number of aliphatic hydroxyl groups is 2. The van der Waals surface area contributed by atoms with E-state index in [9.17, 15) is 64.5 Å². The van der Waals surface area contributed by atoms with Gasteiger partial charge in [0.05, 0.1) is 31.3 Å². The number of hydrogen-bond donors (Lipinski definition) is 4. The van der Waals surface area contributed by atoms with Gasteiger partial charge in [0.2, 0.25) is 11.6 Å². The second-order valence-corrected chi connectivity index (χ2v) is 14.5. The number of ketones is 2. The minimum Gasteiger partial charge on any atom is -0.493 e. The number of rotatable bonds is 21. The average Bonchev–Trinajstić information content (AvgIpc) is 3.29. The second-order valence-electron chi connectivity index (χ2n) is 14.5. The summed E-state index contributed by atoms with van der Waals surface area (Å²) in [6, 6.07) is 20.3. The fraction of sp³-hybridized carbons (Fsp3) is 0.191. The first-order chi connectivity index (χ1) is 32.4. The van der Waals surface area contributed by atoms with Gasteiger partial charge in [-0.1, -0.05) is 36.4 Å². The number of esters is 2. The molecule has 364 valence electrons. The predicted molar refractivity (Wildman–Crippen MR) is 230 cm³/mol. The minimum absolute atomic E-state index is 0.00783. The first kappa shape index (κ1) is 52.0. The van der Waals surface area contributed by atoms with E-state index >= 15 is 0 Å². The number of benzene rings is 5. The molecule has 14 nitrogen and oxygen atoms in total. The Kier molecular flexibility index (Phi) is 16.4. The van der Waals surface area contributed by atoms with Gasteiger partial charge in [0, 0.05) is 17.8 Å². The van der Waals surface area contributed by atoms with E-state index in [1.165, 1.54) is 78.9 Å². The molecule has 69 heavy (non-hydrogen) atoms. The van der Waals surface area contributed by atoms with Crippen molar-refractivity contribution in [2.24, 2.45) is 0 Å². The maximum absolute atomic E-state index is 13.4. The number of nitrogen functional groups attached to an aromatic ring is 2. The highest BCUT2D eigenvalue weighted by atomic mass is 19.3. The fourth-order valence-electron chi connectivity index (χ4n) is 6.09. The first-order valence-electron chi connectivity index (χ1n) is 19.7. The van der Waals surface area contributed by atoms with E-state index in [2.05, 4.69) is 9.47 Å². The average molecular weight is 975 g/mol. The van der Waals surface area contributed by atoms with E-state index in [4.69, 9.17) is 30.4 Å². The van der Waals surface area contributed by atoms with Gasteiger partial charge in [0.1, 0.15) is 11.5 Å². The van der Waals surface area contributed by atoms with Crippen molar-refractivity contribution in [1.29, 1.82) is 0 Å². The molecule has 0 saturated carbocycles. The first-order valence-corrected chi connectivity index (χ1v) is 19.7. The third-order valence-corrected chi connectivity index (χ3v) is 9.53. The van der Waals surface area contributed by atoms with Gasteiger partial charge in [0.25, 0.3) is 0 Å². The maximum atomic E-state index is 13.4. The zero-order valence-corrected chi connectivity index (χ0v) is 35.7. The summed E-state index contributed by atoms with van der Waals surface area (Å²) in [6.45, 7) is 0. The van der Waals surface area contributed by atoms with Crippen LogP contribution in [0.15, 0.2) is 115 Å². The van der Waals surface area contributed by atoms with Crippen molar-refractivity contribution >= 4 is 47.0 Å². The molecular weight excluding hydrogens is 937 g/mol. The summed E-state index contributed by atoms with van der Waals surface area (Å²) >= 11 is 0. The summed E-state index contributed by atoms with van der Waals surface area (Å²) in [5.41, 5.74) is 12.3. The number of carbonyl (C=O) groups is 4. The van der Waals surface area contributed by atoms with Crippen molar-refractivity contribution in [2.75, 3.05) is 25.7 Å². The molecule has 0 aliphatic heterocycles. The van der Waals surface area contributed by atoms with Crippen molar-refractivity contribution in [1.82, 2.24) is 0 Å². The van der Waals surface area contributed by atoms with Crippen molar-refractivity contribution in [3.63, 3.8) is 0 Å². The number of alkyl halides is 8. The molecule has 1 atom stereocenters. The molecule has 0 aromatic heterocycles. The number of methoxy groups -OCH3 is 2. The lowest BCUT2D eigenvalue weighted by Gasteiger charge is -2.29. The Morgan fingerprint density at radius 1 is 0.580 bits per heavy atom. The number of carbonyl (C=O) groups excluding carboxylic acids is 4. The van der Waals surface area contributed by atoms with Gasteiger partial charge in [-0.25, -0.2) is 9.59 Å². The fourth-order valence-corrected chi connectivity index (χ4v) is 6.09. The molecule has 0 spiro atoms. The van der Waals surface area contributed by atoms with Crippen LogP contribution in [0.2, 0.25) is 0 Å². The molecular formula is C47H38F8N2O12. The van der Waals surface area contributed by atoms with Crippen molar-refractivity contribution in [2.45, 2.75) is 43.2 Å². The zero-order chi connectivity index (χ0) is 50.8. The molecule has 5 aromatic carbocycles. The highest BCUT2D eigenvalue weighted by Gasteiger charge is 2.46. The summed E-state index contributed by atoms with van der Waals surface area (Å²) < 4.78 is 133. The monoisotopic (exact) mass is 974 g/mol. The molecule has 22 heteroatoms. The predicted octanol–water partition coefficient (Wildman–Crippen LogP) is 8.50. The third kappa shape index (κ3) is 13.6. The normalized spacial score (nSPS) is 12.6. The lowest BCUT2D eigenvalue weighted by atomic mass is 9.83. The van der Waals surface area contributed by atoms with Gasteiger partial charge in [-0.3, -0.25) is 9.59 Å². The van der Waals surface area contributed by atoms with Crippen LogP contribution >= 0.6 is 0 Å². The molecule has 0 aliphatic rings. The van der Waals surface area contributed by atoms with E-state index in [1.54, 1.807) is 0 Å². The van der Waals surface area contributed by atoms with Crippen LogP contribution in [0.5, 0.6) is 34.5 Å². The Morgan fingerprint density at radius 2 is 0.986 bits per heavy atom. The molecule has 0 bridgehead atoms. The summed E-state index contributed by atoms with van der Waals surface area (Å²) in [6.07, 6.45) is -14.2. The van der Waals surface area contributed by atoms with Crippen LogP contribution in [0.4, 0.5) is 46.5 Å². The summed E-state index contributed by atoms with van der Waals surface area (Å²) in [5, 5.41) is 22.6. The number of ether oxygens (including phenoxy) is 6. The van der Waals surface area contributed by atoms with Gasteiger partial charge in [-0.2, -0.15) is 35.1 Å². The van der Waals surface area contributed by atoms with E-state index in [-0.39, 0.29) is 45.1 Å². The Labute approximate surface area is 385 Å². The Bertz CT molecular complexity index is 2710. The molecule has 5 aromatic rings. The highest BCUT2D eigenvalue weighted by Crippen LogP contribution is 2.38. The minimum atomic E-state index is -4.84. The van der Waals surface area contributed by atoms with Crippen LogP contribution in [0.25, 0.3) is 12.2 Å². The van der Waals surface area contributed by atoms with E-state index in [1.807, 2.05) is 0 Å². The summed E-state index contributed by atoms with van der Waals surface area (Å²) in [4.78, 5) is 52.3. The van der Waals surface area contributed by atoms with E-state index in [0.717, 1.165) is 62.8 Å². The van der Waals surface area contributed by atoms with Crippen molar-refractivity contribution < 1.29 is 92.9 Å². The molecule has 0 aliphatic carbocycles. The number of allylic oxidation sites excluding steroid dienone is 1. The zero-order valence-electron chi connectivity index (χ0n) is 35.7. The number of halogens is 8. The molecule has 0 fully saturated rings. The van der Waals surface area contributed by atoms with Crippen LogP contribution in [-0.2, 0) is 9.59 Å². The van der Waals surface area contributed by atoms with Gasteiger partial charge in [0.15, 0.2) is 28.8 Å². The topological polar surface area (TPSA) is 216 Å². The number of nitrogens with two attached hydrogens (primary N) is 2. The van der Waals surface area contributed by atoms with E-state index in [0.29, 0.717) is 5.56 Å². The molecule has 1 unspecified atom stereocenters. The number of hydrogen-bond acceptors (Lipinski definition) is 14. The lowest BCUT2D eigenvalue weighted by molar-refractivity contribution is -0.253. The standard InChI is InChI=1S/C47H38F8N2O12/c1-64-38-21-27(9-16-36(38)68-46(52,53)43(48)49)41(60)66-33-12-4-25(5-13-33)3-11-32(58)24-35(29-19-30(56)23-31(57)20-29)45(62,63)40(59)18-8-26-6-14-34(15-7-26)67-42(61)28-10-17-37(39(22-28)65-2)69-47(54,55)44(50)51/h3-23,35,43-44,62-63H,24,56-57H2,1-2H3/b11-3+,18-8+. The second kappa shape index (κ2) is 21.8. The smallest absolute Gasteiger partial charge is 0.461 e. The summed E-state index contributed by atoms with van der Waals surface area (Å²) in [7, 11) is 2.07. The Balaban J connectivity index is 1.24. The van der Waals surface area contributed by atoms with Gasteiger partial charge < -0.3 is 50.1 Å². The quantitative estimate of drug-likeness (QED) is 0.0136. The van der Waals surface area contributed by atoms with Crippen LogP contribution in [0.1, 0.15) is 49.7 Å². The molecule has 0 radical (unpaired) electrons. The molecule has 0 heterocycles. The summed E-state index contributed by atoms with van der Waals surface area (Å²) in [5.74, 6) is -11.3. The van der Waals surface area contributed by atoms with E-state index < -0.39 is 89.7 Å². The molecule has 6 N–H and O–H groups in total. The highest BCUT2D eigenvalue weighted by molar-refractivity contribution is 6.01. The van der Waals surface area contributed by atoms with Gasteiger partial charge in [-0.05, 0) is 108 Å². The van der Waals surface area contributed by atoms with Crippen molar-refractivity contribution in [3.8, 4) is 34.5 Å². The van der Waals surface area contributed by atoms with Gasteiger partial charge in [-0.15, -0.1) is 0 Å². The van der Waals surface area contributed by atoms with Crippen LogP contribution in [-0.4, -0.2) is 78.8 Å². The maximum Gasteiger partial charge on any atom is 0.461 e.